The number of hydrogen-bond acceptors (Lipinski definition) is 3. The van der Waals surface area contributed by atoms with E-state index in [1.807, 2.05) is 5.38 Å². The Morgan fingerprint density at radius 1 is 1.07 bits per heavy atom. The van der Waals surface area contributed by atoms with Crippen LogP contribution in [0.2, 0.25) is 0 Å². The minimum absolute atomic E-state index is 0.274. The summed E-state index contributed by atoms with van der Waals surface area (Å²) in [5.41, 5.74) is 0.601. The number of benzene rings is 1. The second-order valence-electron chi connectivity index (χ2n) is 2.93. The second-order valence-corrected chi connectivity index (χ2v) is 5.39. The molecule has 0 bridgehead atoms. The molecule has 0 amide bonds. The highest BCUT2D eigenvalue weighted by Crippen LogP contribution is 2.17. The average Bonchev–Trinajstić information content (AvgIpc) is 2.71. The third-order valence-electron chi connectivity index (χ3n) is 1.83. The van der Waals surface area contributed by atoms with Crippen molar-refractivity contribution < 1.29 is 8.42 Å². The predicted molar refractivity (Wildman–Crippen MR) is 61.6 cm³/mol. The van der Waals surface area contributed by atoms with Gasteiger partial charge in [-0.15, -0.1) is 0 Å². The molecule has 0 spiro atoms. The molecule has 1 aromatic heterocycles. The van der Waals surface area contributed by atoms with Gasteiger partial charge in [-0.1, -0.05) is 18.2 Å². The van der Waals surface area contributed by atoms with E-state index in [9.17, 15) is 8.42 Å². The van der Waals surface area contributed by atoms with Gasteiger partial charge in [0, 0.05) is 5.38 Å². The number of anilines is 1. The molecule has 1 heterocycles. The second kappa shape index (κ2) is 4.04. The van der Waals surface area contributed by atoms with E-state index in [1.54, 1.807) is 41.8 Å². The van der Waals surface area contributed by atoms with Crippen LogP contribution in [0.25, 0.3) is 0 Å². The van der Waals surface area contributed by atoms with Crippen molar-refractivity contribution in [1.82, 2.24) is 0 Å². The Hall–Kier alpha value is -1.33. The smallest absolute Gasteiger partial charge is 0.261 e. The van der Waals surface area contributed by atoms with E-state index in [0.29, 0.717) is 5.69 Å². The molecule has 1 N–H and O–H groups in total. The molecule has 3 nitrogen and oxygen atoms in total. The lowest BCUT2D eigenvalue weighted by Crippen LogP contribution is -2.11. The number of hydrogen-bond donors (Lipinski definition) is 1. The van der Waals surface area contributed by atoms with Crippen molar-refractivity contribution in [3.63, 3.8) is 0 Å². The largest absolute Gasteiger partial charge is 0.279 e. The van der Waals surface area contributed by atoms with E-state index >= 15 is 0 Å². The van der Waals surface area contributed by atoms with Crippen molar-refractivity contribution in [2.45, 2.75) is 4.90 Å². The first kappa shape index (κ1) is 10.2. The molecule has 78 valence electrons. The van der Waals surface area contributed by atoms with E-state index in [1.165, 1.54) is 11.3 Å². The lowest BCUT2D eigenvalue weighted by atomic mass is 10.4. The van der Waals surface area contributed by atoms with Crippen LogP contribution >= 0.6 is 11.3 Å². The molecule has 2 rings (SSSR count). The molecular formula is C10H9NO2S2. The van der Waals surface area contributed by atoms with E-state index in [-0.39, 0.29) is 4.90 Å². The van der Waals surface area contributed by atoms with Gasteiger partial charge in [0.25, 0.3) is 10.0 Å². The van der Waals surface area contributed by atoms with Gasteiger partial charge in [0.15, 0.2) is 0 Å². The topological polar surface area (TPSA) is 46.2 Å². The first-order valence-electron chi connectivity index (χ1n) is 4.28. The standard InChI is InChI=1S/C10H9NO2S2/c12-15(13,10-4-2-1-3-5-10)11-9-6-7-14-8-9/h1-8,11H. The molecule has 2 aromatic rings. The van der Waals surface area contributed by atoms with Gasteiger partial charge in [-0.05, 0) is 23.6 Å². The van der Waals surface area contributed by atoms with Gasteiger partial charge in [0.2, 0.25) is 0 Å². The summed E-state index contributed by atoms with van der Waals surface area (Å²) < 4.78 is 26.1. The zero-order valence-corrected chi connectivity index (χ0v) is 9.38. The van der Waals surface area contributed by atoms with Crippen molar-refractivity contribution >= 4 is 27.0 Å². The fraction of sp³-hybridized carbons (Fsp3) is 0. The van der Waals surface area contributed by atoms with Gasteiger partial charge in [0.1, 0.15) is 0 Å². The fourth-order valence-electron chi connectivity index (χ4n) is 1.14. The minimum atomic E-state index is -3.43. The molecule has 0 saturated carbocycles. The number of sulfonamides is 1. The highest BCUT2D eigenvalue weighted by atomic mass is 32.2. The summed E-state index contributed by atoms with van der Waals surface area (Å²) in [6.07, 6.45) is 0. The summed E-state index contributed by atoms with van der Waals surface area (Å²) in [5, 5.41) is 3.57. The molecule has 0 unspecified atom stereocenters. The van der Waals surface area contributed by atoms with Crippen molar-refractivity contribution in [3.8, 4) is 0 Å². The minimum Gasteiger partial charge on any atom is -0.279 e. The lowest BCUT2D eigenvalue weighted by Gasteiger charge is -2.05. The Morgan fingerprint density at radius 2 is 1.80 bits per heavy atom. The summed E-state index contributed by atoms with van der Waals surface area (Å²) in [4.78, 5) is 0.274. The molecule has 0 radical (unpaired) electrons. The van der Waals surface area contributed by atoms with Crippen molar-refractivity contribution in [2.24, 2.45) is 0 Å². The van der Waals surface area contributed by atoms with Crippen LogP contribution in [0.15, 0.2) is 52.1 Å². The fourth-order valence-corrected chi connectivity index (χ4v) is 2.87. The Bertz CT molecular complexity index is 518. The maximum atomic E-state index is 11.8. The van der Waals surface area contributed by atoms with Gasteiger partial charge in [-0.25, -0.2) is 8.42 Å². The van der Waals surface area contributed by atoms with Gasteiger partial charge in [0.05, 0.1) is 10.6 Å². The third-order valence-corrected chi connectivity index (χ3v) is 3.91. The average molecular weight is 239 g/mol. The highest BCUT2D eigenvalue weighted by molar-refractivity contribution is 7.92. The summed E-state index contributed by atoms with van der Waals surface area (Å²) in [6.45, 7) is 0. The number of thiophene rings is 1. The molecule has 0 aliphatic carbocycles. The highest BCUT2D eigenvalue weighted by Gasteiger charge is 2.12. The SMILES string of the molecule is O=S(=O)(Nc1ccsc1)c1ccccc1. The zero-order chi connectivity index (χ0) is 10.7. The quantitative estimate of drug-likeness (QED) is 0.894. The molecular weight excluding hydrogens is 230 g/mol. The van der Waals surface area contributed by atoms with Crippen LogP contribution in [-0.4, -0.2) is 8.42 Å². The lowest BCUT2D eigenvalue weighted by molar-refractivity contribution is 0.601. The van der Waals surface area contributed by atoms with E-state index in [4.69, 9.17) is 0 Å². The van der Waals surface area contributed by atoms with Gasteiger partial charge in [-0.2, -0.15) is 11.3 Å². The predicted octanol–water partition coefficient (Wildman–Crippen LogP) is 2.55. The summed E-state index contributed by atoms with van der Waals surface area (Å²) >= 11 is 1.45. The van der Waals surface area contributed by atoms with E-state index in [2.05, 4.69) is 4.72 Å². The zero-order valence-electron chi connectivity index (χ0n) is 7.75. The molecule has 0 aliphatic heterocycles. The molecule has 0 aliphatic rings. The Labute approximate surface area is 92.4 Å². The van der Waals surface area contributed by atoms with E-state index in [0.717, 1.165) is 0 Å². The van der Waals surface area contributed by atoms with Crippen LogP contribution < -0.4 is 4.72 Å². The summed E-state index contributed by atoms with van der Waals surface area (Å²) in [5.74, 6) is 0. The molecule has 0 atom stereocenters. The van der Waals surface area contributed by atoms with Crippen LogP contribution in [0.5, 0.6) is 0 Å². The molecule has 0 saturated heterocycles. The molecule has 15 heavy (non-hydrogen) atoms. The maximum Gasteiger partial charge on any atom is 0.261 e. The third kappa shape index (κ3) is 2.37. The maximum absolute atomic E-state index is 11.8. The first-order chi connectivity index (χ1) is 7.18. The van der Waals surface area contributed by atoms with Crippen LogP contribution in [0.1, 0.15) is 0 Å². The number of nitrogens with one attached hydrogen (secondary N) is 1. The van der Waals surface area contributed by atoms with Gasteiger partial charge < -0.3 is 0 Å². The molecule has 1 aromatic carbocycles. The first-order valence-corrected chi connectivity index (χ1v) is 6.71. The van der Waals surface area contributed by atoms with Gasteiger partial charge in [-0.3, -0.25) is 4.72 Å². The Balaban J connectivity index is 2.29. The molecule has 0 fully saturated rings. The number of rotatable bonds is 3. The van der Waals surface area contributed by atoms with E-state index < -0.39 is 10.0 Å². The Morgan fingerprint density at radius 3 is 2.40 bits per heavy atom. The van der Waals surface area contributed by atoms with Crippen LogP contribution in [0.4, 0.5) is 5.69 Å². The van der Waals surface area contributed by atoms with Crippen molar-refractivity contribution in [1.29, 1.82) is 0 Å². The summed E-state index contributed by atoms with van der Waals surface area (Å²) in [7, 11) is -3.43. The van der Waals surface area contributed by atoms with Crippen molar-refractivity contribution in [3.05, 3.63) is 47.2 Å². The summed E-state index contributed by atoms with van der Waals surface area (Å²) in [6, 6.07) is 10.0. The monoisotopic (exact) mass is 239 g/mol. The van der Waals surface area contributed by atoms with Gasteiger partial charge >= 0.3 is 0 Å². The van der Waals surface area contributed by atoms with Crippen LogP contribution in [0.3, 0.4) is 0 Å². The normalized spacial score (nSPS) is 11.2. The Kier molecular flexibility index (Phi) is 2.75. The van der Waals surface area contributed by atoms with Crippen LogP contribution in [-0.2, 0) is 10.0 Å². The van der Waals surface area contributed by atoms with Crippen LogP contribution in [0, 0.1) is 0 Å². The van der Waals surface area contributed by atoms with Crippen molar-refractivity contribution in [2.75, 3.05) is 4.72 Å². The molecule has 5 heteroatoms.